The Morgan fingerprint density at radius 3 is 2.38 bits per heavy atom. The van der Waals surface area contributed by atoms with Crippen LogP contribution in [0, 0.1) is 6.92 Å². The number of benzene rings is 1. The number of aliphatic hydroxyl groups excluding tert-OH is 2. The van der Waals surface area contributed by atoms with Gasteiger partial charge in [0, 0.05) is 0 Å². The van der Waals surface area contributed by atoms with Crippen LogP contribution in [0.15, 0.2) is 23.1 Å². The van der Waals surface area contributed by atoms with E-state index in [4.69, 9.17) is 0 Å². The third-order valence-corrected chi connectivity index (χ3v) is 4.76. The Labute approximate surface area is 123 Å². The van der Waals surface area contributed by atoms with Crippen molar-refractivity contribution in [2.75, 3.05) is 20.3 Å². The van der Waals surface area contributed by atoms with E-state index in [-0.39, 0.29) is 10.5 Å². The molecule has 0 aliphatic carbocycles. The second-order valence-corrected chi connectivity index (χ2v) is 6.61. The van der Waals surface area contributed by atoms with Crippen LogP contribution < -0.4 is 4.72 Å². The highest BCUT2D eigenvalue weighted by atomic mass is 32.2. The molecule has 0 spiro atoms. The molecule has 1 aromatic carbocycles. The largest absolute Gasteiger partial charge is 0.465 e. The zero-order chi connectivity index (χ0) is 16.3. The van der Waals surface area contributed by atoms with E-state index in [1.54, 1.807) is 6.92 Å². The normalized spacial score (nSPS) is 12.2. The van der Waals surface area contributed by atoms with Crippen molar-refractivity contribution in [3.8, 4) is 0 Å². The topological polar surface area (TPSA) is 113 Å². The minimum atomic E-state index is -4.01. The van der Waals surface area contributed by atoms with E-state index in [0.29, 0.717) is 5.56 Å². The quantitative estimate of drug-likeness (QED) is 0.627. The predicted molar refractivity (Wildman–Crippen MR) is 75.4 cm³/mol. The zero-order valence-corrected chi connectivity index (χ0v) is 12.9. The van der Waals surface area contributed by atoms with Crippen molar-refractivity contribution in [1.29, 1.82) is 0 Å². The van der Waals surface area contributed by atoms with Gasteiger partial charge in [-0.1, -0.05) is 6.07 Å². The number of carbonyl (C=O) groups is 1. The molecule has 7 nitrogen and oxygen atoms in total. The van der Waals surface area contributed by atoms with Crippen molar-refractivity contribution < 1.29 is 28.2 Å². The smallest absolute Gasteiger partial charge is 0.337 e. The number of methoxy groups -OCH3 is 1. The molecular formula is C13H19NO6S. The fourth-order valence-electron chi connectivity index (χ4n) is 1.63. The van der Waals surface area contributed by atoms with Crippen LogP contribution in [-0.4, -0.2) is 50.5 Å². The molecule has 1 aromatic rings. The minimum absolute atomic E-state index is 0.0955. The van der Waals surface area contributed by atoms with Crippen molar-refractivity contribution >= 4 is 16.0 Å². The standard InChI is InChI=1S/C13H19NO6S/c1-9-4-5-10(12(17)20-3)6-11(9)21(18,19)14-13(2,7-15)8-16/h4-6,14-16H,7-8H2,1-3H3. The molecule has 0 unspecified atom stereocenters. The van der Waals surface area contributed by atoms with E-state index in [0.717, 1.165) is 0 Å². The SMILES string of the molecule is COC(=O)c1ccc(C)c(S(=O)(=O)NC(C)(CO)CO)c1. The number of ether oxygens (including phenoxy) is 1. The number of aryl methyl sites for hydroxylation is 1. The van der Waals surface area contributed by atoms with E-state index in [1.807, 2.05) is 0 Å². The van der Waals surface area contributed by atoms with Crippen LogP contribution in [-0.2, 0) is 14.8 Å². The highest BCUT2D eigenvalue weighted by molar-refractivity contribution is 7.89. The Bertz CT molecular complexity index is 622. The van der Waals surface area contributed by atoms with E-state index in [9.17, 15) is 23.4 Å². The fraction of sp³-hybridized carbons (Fsp3) is 0.462. The molecule has 0 heterocycles. The van der Waals surface area contributed by atoms with Gasteiger partial charge in [-0.2, -0.15) is 0 Å². The summed E-state index contributed by atoms with van der Waals surface area (Å²) in [6.45, 7) is 1.80. The molecule has 21 heavy (non-hydrogen) atoms. The molecule has 0 saturated carbocycles. The number of carbonyl (C=O) groups excluding carboxylic acids is 1. The van der Waals surface area contributed by atoms with Gasteiger partial charge in [0.15, 0.2) is 0 Å². The Balaban J connectivity index is 3.28. The average Bonchev–Trinajstić information content (AvgIpc) is 2.46. The molecule has 118 valence electrons. The maximum absolute atomic E-state index is 12.4. The van der Waals surface area contributed by atoms with E-state index in [2.05, 4.69) is 9.46 Å². The van der Waals surface area contributed by atoms with Gasteiger partial charge in [0.05, 0.1) is 36.3 Å². The Hall–Kier alpha value is -1.48. The van der Waals surface area contributed by atoms with Crippen LogP contribution in [0.5, 0.6) is 0 Å². The van der Waals surface area contributed by atoms with Crippen molar-refractivity contribution in [3.05, 3.63) is 29.3 Å². The molecule has 0 atom stereocenters. The summed E-state index contributed by atoms with van der Waals surface area (Å²) in [7, 11) is -2.82. The van der Waals surface area contributed by atoms with Gasteiger partial charge in [-0.05, 0) is 31.5 Å². The van der Waals surface area contributed by atoms with Gasteiger partial charge in [-0.15, -0.1) is 0 Å². The molecule has 0 bridgehead atoms. The van der Waals surface area contributed by atoms with Crippen LogP contribution >= 0.6 is 0 Å². The average molecular weight is 317 g/mol. The first-order valence-electron chi connectivity index (χ1n) is 6.14. The van der Waals surface area contributed by atoms with Gasteiger partial charge in [0.2, 0.25) is 10.0 Å². The number of nitrogens with one attached hydrogen (secondary N) is 1. The molecule has 0 fully saturated rings. The maximum atomic E-state index is 12.4. The molecule has 3 N–H and O–H groups in total. The van der Waals surface area contributed by atoms with Crippen LogP contribution in [0.4, 0.5) is 0 Å². The van der Waals surface area contributed by atoms with Crippen molar-refractivity contribution in [3.63, 3.8) is 0 Å². The first-order chi connectivity index (χ1) is 9.69. The zero-order valence-electron chi connectivity index (χ0n) is 12.1. The highest BCUT2D eigenvalue weighted by Gasteiger charge is 2.30. The van der Waals surface area contributed by atoms with E-state index in [1.165, 1.54) is 32.2 Å². The number of hydrogen-bond acceptors (Lipinski definition) is 6. The van der Waals surface area contributed by atoms with Crippen molar-refractivity contribution in [1.82, 2.24) is 4.72 Å². The summed E-state index contributed by atoms with van der Waals surface area (Å²) >= 11 is 0. The van der Waals surface area contributed by atoms with Crippen molar-refractivity contribution in [2.45, 2.75) is 24.3 Å². The molecular weight excluding hydrogens is 298 g/mol. The van der Waals surface area contributed by atoms with Gasteiger partial charge in [0.25, 0.3) is 0 Å². The molecule has 0 aliphatic rings. The Morgan fingerprint density at radius 1 is 1.33 bits per heavy atom. The molecule has 0 amide bonds. The molecule has 0 aromatic heterocycles. The van der Waals surface area contributed by atoms with E-state index < -0.39 is 34.7 Å². The lowest BCUT2D eigenvalue weighted by Gasteiger charge is -2.26. The van der Waals surface area contributed by atoms with Crippen LogP contribution in [0.3, 0.4) is 0 Å². The molecule has 8 heteroatoms. The lowest BCUT2D eigenvalue weighted by Crippen LogP contribution is -2.51. The summed E-state index contributed by atoms with van der Waals surface area (Å²) in [5, 5.41) is 18.4. The summed E-state index contributed by atoms with van der Waals surface area (Å²) in [5.74, 6) is -0.654. The molecule has 0 saturated heterocycles. The maximum Gasteiger partial charge on any atom is 0.337 e. The lowest BCUT2D eigenvalue weighted by atomic mass is 10.1. The summed E-state index contributed by atoms with van der Waals surface area (Å²) in [4.78, 5) is 11.4. The third kappa shape index (κ3) is 4.01. The van der Waals surface area contributed by atoms with Crippen LogP contribution in [0.25, 0.3) is 0 Å². The third-order valence-electron chi connectivity index (χ3n) is 2.98. The summed E-state index contributed by atoms with van der Waals surface area (Å²) in [6.07, 6.45) is 0. The highest BCUT2D eigenvalue weighted by Crippen LogP contribution is 2.19. The number of aliphatic hydroxyl groups is 2. The van der Waals surface area contributed by atoms with Crippen LogP contribution in [0.2, 0.25) is 0 Å². The van der Waals surface area contributed by atoms with Crippen LogP contribution in [0.1, 0.15) is 22.8 Å². The number of hydrogen-bond donors (Lipinski definition) is 3. The first kappa shape index (κ1) is 17.6. The first-order valence-corrected chi connectivity index (χ1v) is 7.62. The molecule has 0 aliphatic heterocycles. The second kappa shape index (κ2) is 6.52. The second-order valence-electron chi connectivity index (χ2n) is 4.95. The van der Waals surface area contributed by atoms with Gasteiger partial charge in [-0.25, -0.2) is 17.9 Å². The number of sulfonamides is 1. The number of esters is 1. The molecule has 0 radical (unpaired) electrons. The fourth-order valence-corrected chi connectivity index (χ4v) is 3.29. The predicted octanol–water partition coefficient (Wildman–Crippen LogP) is -0.197. The monoisotopic (exact) mass is 317 g/mol. The Kier molecular flexibility index (Phi) is 5.46. The van der Waals surface area contributed by atoms with E-state index >= 15 is 0 Å². The number of rotatable bonds is 6. The van der Waals surface area contributed by atoms with Gasteiger partial charge >= 0.3 is 5.97 Å². The van der Waals surface area contributed by atoms with Gasteiger partial charge < -0.3 is 14.9 Å². The van der Waals surface area contributed by atoms with Crippen molar-refractivity contribution in [2.24, 2.45) is 0 Å². The Morgan fingerprint density at radius 2 is 1.90 bits per heavy atom. The summed E-state index contributed by atoms with van der Waals surface area (Å²) in [5.41, 5.74) is -0.876. The molecule has 1 rings (SSSR count). The summed E-state index contributed by atoms with van der Waals surface area (Å²) in [6, 6.07) is 4.13. The minimum Gasteiger partial charge on any atom is -0.465 e. The van der Waals surface area contributed by atoms with Gasteiger partial charge in [-0.3, -0.25) is 0 Å². The van der Waals surface area contributed by atoms with Gasteiger partial charge in [0.1, 0.15) is 0 Å². The summed E-state index contributed by atoms with van der Waals surface area (Å²) < 4.78 is 31.5. The lowest BCUT2D eigenvalue weighted by molar-refractivity contribution is 0.0600.